The average Bonchev–Trinajstić information content (AvgIpc) is 2.55. The number of benzene rings is 2. The molecular weight excluding hydrogens is 304 g/mol. The number of nitrogens with one attached hydrogen (secondary N) is 2. The lowest BCUT2D eigenvalue weighted by Crippen LogP contribution is -2.27. The van der Waals surface area contributed by atoms with Crippen LogP contribution < -0.4 is 15.4 Å². The van der Waals surface area contributed by atoms with Crippen molar-refractivity contribution < 1.29 is 14.3 Å². The standard InChI is InChI=1S/C19H22N2O3/c1-13-5-4-6-15(11-13)19(23)20-10-9-18(22)21-16-12-14(2)7-8-17(16)24-3/h4-8,11-12H,9-10H2,1-3H3,(H,20,23)(H,21,22). The maximum absolute atomic E-state index is 12.0. The van der Waals surface area contributed by atoms with E-state index >= 15 is 0 Å². The molecule has 0 aliphatic carbocycles. The number of aryl methyl sites for hydroxylation is 2. The van der Waals surface area contributed by atoms with Gasteiger partial charge in [-0.25, -0.2) is 0 Å². The van der Waals surface area contributed by atoms with E-state index in [2.05, 4.69) is 10.6 Å². The molecule has 0 radical (unpaired) electrons. The Morgan fingerprint density at radius 1 is 1.04 bits per heavy atom. The second-order valence-corrected chi connectivity index (χ2v) is 5.63. The zero-order valence-electron chi connectivity index (χ0n) is 14.2. The van der Waals surface area contributed by atoms with Crippen LogP contribution in [0.25, 0.3) is 0 Å². The van der Waals surface area contributed by atoms with E-state index in [1.807, 2.05) is 50.2 Å². The summed E-state index contributed by atoms with van der Waals surface area (Å²) in [6, 6.07) is 12.9. The van der Waals surface area contributed by atoms with Gasteiger partial charge >= 0.3 is 0 Å². The molecule has 2 N–H and O–H groups in total. The lowest BCUT2D eigenvalue weighted by atomic mass is 10.1. The highest BCUT2D eigenvalue weighted by Crippen LogP contribution is 2.25. The summed E-state index contributed by atoms with van der Waals surface area (Å²) in [5.74, 6) is 0.251. The van der Waals surface area contributed by atoms with Crippen molar-refractivity contribution in [3.8, 4) is 5.75 Å². The van der Waals surface area contributed by atoms with E-state index in [9.17, 15) is 9.59 Å². The topological polar surface area (TPSA) is 67.4 Å². The predicted octanol–water partition coefficient (Wildman–Crippen LogP) is 3.07. The highest BCUT2D eigenvalue weighted by atomic mass is 16.5. The summed E-state index contributed by atoms with van der Waals surface area (Å²) in [6.07, 6.45) is 0.189. The molecule has 0 atom stereocenters. The SMILES string of the molecule is COc1ccc(C)cc1NC(=O)CCNC(=O)c1cccc(C)c1. The Hall–Kier alpha value is -2.82. The van der Waals surface area contributed by atoms with Crippen LogP contribution in [0.15, 0.2) is 42.5 Å². The number of rotatable bonds is 6. The van der Waals surface area contributed by atoms with Crippen LogP contribution in [0, 0.1) is 13.8 Å². The molecule has 0 bridgehead atoms. The Bertz CT molecular complexity index is 741. The van der Waals surface area contributed by atoms with Crippen molar-refractivity contribution in [2.75, 3.05) is 19.0 Å². The van der Waals surface area contributed by atoms with Gasteiger partial charge in [0.25, 0.3) is 5.91 Å². The fourth-order valence-electron chi connectivity index (χ4n) is 2.31. The van der Waals surface area contributed by atoms with E-state index in [0.717, 1.165) is 11.1 Å². The minimum atomic E-state index is -0.181. The molecule has 0 unspecified atom stereocenters. The van der Waals surface area contributed by atoms with E-state index in [-0.39, 0.29) is 24.8 Å². The predicted molar refractivity (Wildman–Crippen MR) is 94.5 cm³/mol. The highest BCUT2D eigenvalue weighted by Gasteiger charge is 2.09. The summed E-state index contributed by atoms with van der Waals surface area (Å²) in [6.45, 7) is 4.14. The zero-order valence-corrected chi connectivity index (χ0v) is 14.2. The Morgan fingerprint density at radius 2 is 1.79 bits per heavy atom. The summed E-state index contributed by atoms with van der Waals surface area (Å²) in [5, 5.41) is 5.56. The van der Waals surface area contributed by atoms with Crippen LogP contribution in [0.1, 0.15) is 27.9 Å². The molecule has 0 aliphatic heterocycles. The van der Waals surface area contributed by atoms with E-state index in [0.29, 0.717) is 17.0 Å². The van der Waals surface area contributed by atoms with E-state index in [1.165, 1.54) is 0 Å². The van der Waals surface area contributed by atoms with Gasteiger partial charge in [0.05, 0.1) is 12.8 Å². The molecule has 2 aromatic carbocycles. The number of carbonyl (C=O) groups is 2. The van der Waals surface area contributed by atoms with Gasteiger partial charge in [0.2, 0.25) is 5.91 Å². The summed E-state index contributed by atoms with van der Waals surface area (Å²) in [4.78, 5) is 24.1. The average molecular weight is 326 g/mol. The minimum Gasteiger partial charge on any atom is -0.495 e. The summed E-state index contributed by atoms with van der Waals surface area (Å²) in [7, 11) is 1.56. The number of methoxy groups -OCH3 is 1. The maximum atomic E-state index is 12.0. The first kappa shape index (κ1) is 17.5. The number of amides is 2. The Kier molecular flexibility index (Phi) is 5.95. The van der Waals surface area contributed by atoms with Crippen molar-refractivity contribution in [1.82, 2.24) is 5.32 Å². The first-order valence-corrected chi connectivity index (χ1v) is 7.79. The van der Waals surface area contributed by atoms with Crippen LogP contribution in [-0.2, 0) is 4.79 Å². The molecular formula is C19H22N2O3. The molecule has 24 heavy (non-hydrogen) atoms. The Labute approximate surface area is 142 Å². The molecule has 0 heterocycles. The van der Waals surface area contributed by atoms with Gasteiger partial charge in [0.1, 0.15) is 5.75 Å². The van der Waals surface area contributed by atoms with E-state index in [4.69, 9.17) is 4.74 Å². The van der Waals surface area contributed by atoms with Crippen LogP contribution in [0.2, 0.25) is 0 Å². The van der Waals surface area contributed by atoms with Crippen LogP contribution in [0.5, 0.6) is 5.75 Å². The number of ether oxygens (including phenoxy) is 1. The van der Waals surface area contributed by atoms with Crippen LogP contribution in [-0.4, -0.2) is 25.5 Å². The molecule has 0 saturated heterocycles. The first-order chi connectivity index (χ1) is 11.5. The number of carbonyl (C=O) groups excluding carboxylic acids is 2. The Balaban J connectivity index is 1.85. The van der Waals surface area contributed by atoms with Gasteiger partial charge in [0.15, 0.2) is 0 Å². The molecule has 2 aromatic rings. The third-order valence-corrected chi connectivity index (χ3v) is 3.55. The van der Waals surface area contributed by atoms with Crippen molar-refractivity contribution in [3.05, 3.63) is 59.2 Å². The number of hydrogen-bond donors (Lipinski definition) is 2. The van der Waals surface area contributed by atoms with E-state index < -0.39 is 0 Å². The van der Waals surface area contributed by atoms with E-state index in [1.54, 1.807) is 13.2 Å². The van der Waals surface area contributed by atoms with Crippen LogP contribution in [0.3, 0.4) is 0 Å². The summed E-state index contributed by atoms with van der Waals surface area (Å²) >= 11 is 0. The second-order valence-electron chi connectivity index (χ2n) is 5.63. The fraction of sp³-hybridized carbons (Fsp3) is 0.263. The van der Waals surface area contributed by atoms with Crippen LogP contribution >= 0.6 is 0 Å². The van der Waals surface area contributed by atoms with Gasteiger partial charge in [-0.2, -0.15) is 0 Å². The molecule has 5 nitrogen and oxygen atoms in total. The third kappa shape index (κ3) is 4.84. The maximum Gasteiger partial charge on any atom is 0.251 e. The van der Waals surface area contributed by atoms with Gasteiger partial charge in [-0.3, -0.25) is 9.59 Å². The normalized spacial score (nSPS) is 10.1. The zero-order chi connectivity index (χ0) is 17.5. The first-order valence-electron chi connectivity index (χ1n) is 7.79. The van der Waals surface area contributed by atoms with Crippen molar-refractivity contribution in [1.29, 1.82) is 0 Å². The quantitative estimate of drug-likeness (QED) is 0.857. The monoisotopic (exact) mass is 326 g/mol. The molecule has 5 heteroatoms. The lowest BCUT2D eigenvalue weighted by molar-refractivity contribution is -0.116. The molecule has 2 rings (SSSR count). The molecule has 0 aromatic heterocycles. The highest BCUT2D eigenvalue weighted by molar-refractivity contribution is 5.95. The minimum absolute atomic E-state index is 0.177. The molecule has 126 valence electrons. The second kappa shape index (κ2) is 8.15. The van der Waals surface area contributed by atoms with Gasteiger partial charge in [-0.15, -0.1) is 0 Å². The van der Waals surface area contributed by atoms with Crippen molar-refractivity contribution in [3.63, 3.8) is 0 Å². The van der Waals surface area contributed by atoms with Gasteiger partial charge in [0, 0.05) is 18.5 Å². The molecule has 0 aliphatic rings. The summed E-state index contributed by atoms with van der Waals surface area (Å²) in [5.41, 5.74) is 3.27. The Morgan fingerprint density at radius 3 is 2.50 bits per heavy atom. The molecule has 2 amide bonds. The van der Waals surface area contributed by atoms with Crippen molar-refractivity contribution >= 4 is 17.5 Å². The smallest absolute Gasteiger partial charge is 0.251 e. The largest absolute Gasteiger partial charge is 0.495 e. The summed E-state index contributed by atoms with van der Waals surface area (Å²) < 4.78 is 5.23. The number of hydrogen-bond acceptors (Lipinski definition) is 3. The van der Waals surface area contributed by atoms with Crippen molar-refractivity contribution in [2.45, 2.75) is 20.3 Å². The molecule has 0 spiro atoms. The lowest BCUT2D eigenvalue weighted by Gasteiger charge is -2.11. The van der Waals surface area contributed by atoms with Gasteiger partial charge in [-0.05, 0) is 43.7 Å². The van der Waals surface area contributed by atoms with Crippen molar-refractivity contribution in [2.24, 2.45) is 0 Å². The molecule has 0 saturated carbocycles. The van der Waals surface area contributed by atoms with Crippen LogP contribution in [0.4, 0.5) is 5.69 Å². The fourth-order valence-corrected chi connectivity index (χ4v) is 2.31. The number of anilines is 1. The van der Waals surface area contributed by atoms with Gasteiger partial charge < -0.3 is 15.4 Å². The third-order valence-electron chi connectivity index (χ3n) is 3.55. The van der Waals surface area contributed by atoms with Gasteiger partial charge in [-0.1, -0.05) is 23.8 Å². The molecule has 0 fully saturated rings.